The molecule has 3 aromatic rings. The van der Waals surface area contributed by atoms with Crippen molar-refractivity contribution in [3.63, 3.8) is 0 Å². The fraction of sp³-hybridized carbons (Fsp3) is 0.100. The molecule has 0 aliphatic heterocycles. The van der Waals surface area contributed by atoms with Crippen LogP contribution in [0, 0.1) is 11.6 Å². The first-order chi connectivity index (χ1) is 12.5. The SMILES string of the molecule is O=C(COc1ccc2ccccc2c1)OCC(=O)c1cc(F)ccc1F. The lowest BCUT2D eigenvalue weighted by Gasteiger charge is -2.08. The predicted octanol–water partition coefficient (Wildman–Crippen LogP) is 3.92. The molecule has 0 spiro atoms. The van der Waals surface area contributed by atoms with Gasteiger partial charge in [-0.2, -0.15) is 0 Å². The Hall–Kier alpha value is -3.28. The second-order valence-corrected chi connectivity index (χ2v) is 5.51. The molecule has 0 heterocycles. The van der Waals surface area contributed by atoms with E-state index in [1.54, 1.807) is 12.1 Å². The molecule has 0 unspecified atom stereocenters. The highest BCUT2D eigenvalue weighted by Gasteiger charge is 2.15. The van der Waals surface area contributed by atoms with Crippen molar-refractivity contribution in [3.8, 4) is 5.75 Å². The monoisotopic (exact) mass is 356 g/mol. The average molecular weight is 356 g/mol. The Morgan fingerprint density at radius 1 is 0.846 bits per heavy atom. The molecule has 0 saturated heterocycles. The number of halogens is 2. The third-order valence-electron chi connectivity index (χ3n) is 3.67. The third-order valence-corrected chi connectivity index (χ3v) is 3.67. The van der Waals surface area contributed by atoms with Gasteiger partial charge >= 0.3 is 5.97 Å². The maximum absolute atomic E-state index is 13.5. The minimum absolute atomic E-state index is 0.406. The quantitative estimate of drug-likeness (QED) is 0.496. The lowest BCUT2D eigenvalue weighted by Crippen LogP contribution is -2.20. The maximum Gasteiger partial charge on any atom is 0.344 e. The smallest absolute Gasteiger partial charge is 0.344 e. The predicted molar refractivity (Wildman–Crippen MR) is 91.1 cm³/mol. The lowest BCUT2D eigenvalue weighted by atomic mass is 10.1. The second kappa shape index (κ2) is 7.74. The van der Waals surface area contributed by atoms with Gasteiger partial charge in [-0.25, -0.2) is 13.6 Å². The van der Waals surface area contributed by atoms with Crippen molar-refractivity contribution >= 4 is 22.5 Å². The van der Waals surface area contributed by atoms with Crippen LogP contribution in [0.5, 0.6) is 5.75 Å². The molecule has 0 fully saturated rings. The Balaban J connectivity index is 1.53. The molecule has 0 atom stereocenters. The van der Waals surface area contributed by atoms with Gasteiger partial charge in [-0.05, 0) is 41.1 Å². The summed E-state index contributed by atoms with van der Waals surface area (Å²) >= 11 is 0. The normalized spacial score (nSPS) is 10.5. The highest BCUT2D eigenvalue weighted by atomic mass is 19.1. The molecule has 0 amide bonds. The number of esters is 1. The molecule has 0 bridgehead atoms. The summed E-state index contributed by atoms with van der Waals surface area (Å²) in [5, 5.41) is 1.99. The highest BCUT2D eigenvalue weighted by Crippen LogP contribution is 2.20. The van der Waals surface area contributed by atoms with E-state index in [0.29, 0.717) is 5.75 Å². The molecule has 132 valence electrons. The van der Waals surface area contributed by atoms with Crippen molar-refractivity contribution in [1.29, 1.82) is 0 Å². The van der Waals surface area contributed by atoms with Gasteiger partial charge in [-0.15, -0.1) is 0 Å². The summed E-state index contributed by atoms with van der Waals surface area (Å²) in [6, 6.07) is 15.5. The molecule has 26 heavy (non-hydrogen) atoms. The van der Waals surface area contributed by atoms with Gasteiger partial charge in [0.25, 0.3) is 0 Å². The van der Waals surface area contributed by atoms with Crippen LogP contribution in [-0.2, 0) is 9.53 Å². The topological polar surface area (TPSA) is 52.6 Å². The van der Waals surface area contributed by atoms with Gasteiger partial charge in [0.05, 0.1) is 5.56 Å². The van der Waals surface area contributed by atoms with Crippen molar-refractivity contribution in [2.24, 2.45) is 0 Å². The third kappa shape index (κ3) is 4.22. The van der Waals surface area contributed by atoms with Crippen LogP contribution in [-0.4, -0.2) is 25.0 Å². The van der Waals surface area contributed by atoms with E-state index in [2.05, 4.69) is 0 Å². The number of Topliss-reactive ketones (excluding diaryl/α,β-unsaturated/α-hetero) is 1. The largest absolute Gasteiger partial charge is 0.482 e. The summed E-state index contributed by atoms with van der Waals surface area (Å²) in [7, 11) is 0. The summed E-state index contributed by atoms with van der Waals surface area (Å²) in [4.78, 5) is 23.5. The minimum Gasteiger partial charge on any atom is -0.482 e. The van der Waals surface area contributed by atoms with E-state index in [1.807, 2.05) is 30.3 Å². The molecule has 6 heteroatoms. The fourth-order valence-electron chi connectivity index (χ4n) is 2.38. The summed E-state index contributed by atoms with van der Waals surface area (Å²) in [5.41, 5.74) is -0.465. The zero-order chi connectivity index (χ0) is 18.5. The Kier molecular flexibility index (Phi) is 5.22. The van der Waals surface area contributed by atoms with E-state index < -0.39 is 42.2 Å². The average Bonchev–Trinajstić information content (AvgIpc) is 2.66. The molecular formula is C20H14F2O4. The van der Waals surface area contributed by atoms with Crippen molar-refractivity contribution in [2.75, 3.05) is 13.2 Å². The number of rotatable bonds is 6. The second-order valence-electron chi connectivity index (χ2n) is 5.51. The Bertz CT molecular complexity index is 969. The highest BCUT2D eigenvalue weighted by molar-refractivity contribution is 5.98. The van der Waals surface area contributed by atoms with Crippen LogP contribution in [0.1, 0.15) is 10.4 Å². The summed E-state index contributed by atoms with van der Waals surface area (Å²) < 4.78 is 36.7. The fourth-order valence-corrected chi connectivity index (χ4v) is 2.38. The van der Waals surface area contributed by atoms with E-state index >= 15 is 0 Å². The molecule has 0 radical (unpaired) electrons. The van der Waals surface area contributed by atoms with Crippen LogP contribution >= 0.6 is 0 Å². The van der Waals surface area contributed by atoms with Gasteiger partial charge in [0.2, 0.25) is 5.78 Å². The Morgan fingerprint density at radius 2 is 1.62 bits per heavy atom. The number of carbonyl (C=O) groups is 2. The molecule has 0 aliphatic carbocycles. The van der Waals surface area contributed by atoms with Crippen molar-refractivity contribution < 1.29 is 27.8 Å². The summed E-state index contributed by atoms with van der Waals surface area (Å²) in [5.74, 6) is -2.77. The van der Waals surface area contributed by atoms with Crippen LogP contribution in [0.25, 0.3) is 10.8 Å². The first-order valence-corrected chi connectivity index (χ1v) is 7.78. The van der Waals surface area contributed by atoms with Crippen LogP contribution in [0.15, 0.2) is 60.7 Å². The number of benzene rings is 3. The van der Waals surface area contributed by atoms with Gasteiger partial charge in [-0.3, -0.25) is 4.79 Å². The van der Waals surface area contributed by atoms with E-state index in [0.717, 1.165) is 29.0 Å². The molecule has 0 aliphatic rings. The first-order valence-electron chi connectivity index (χ1n) is 7.78. The van der Waals surface area contributed by atoms with Crippen LogP contribution in [0.3, 0.4) is 0 Å². The Morgan fingerprint density at radius 3 is 2.42 bits per heavy atom. The number of carbonyl (C=O) groups excluding carboxylic acids is 2. The Labute approximate surface area is 148 Å². The summed E-state index contributed by atoms with van der Waals surface area (Å²) in [6.07, 6.45) is 0. The van der Waals surface area contributed by atoms with E-state index in [9.17, 15) is 18.4 Å². The van der Waals surface area contributed by atoms with E-state index in [4.69, 9.17) is 9.47 Å². The number of ether oxygens (including phenoxy) is 2. The van der Waals surface area contributed by atoms with Gasteiger partial charge < -0.3 is 9.47 Å². The standard InChI is InChI=1S/C20H14F2O4/c21-15-6-8-18(22)17(10-15)19(23)11-26-20(24)12-25-16-7-5-13-3-1-2-4-14(13)9-16/h1-10H,11-12H2. The molecule has 0 saturated carbocycles. The van der Waals surface area contributed by atoms with Gasteiger partial charge in [0.1, 0.15) is 17.4 Å². The molecule has 0 N–H and O–H groups in total. The minimum atomic E-state index is -0.875. The lowest BCUT2D eigenvalue weighted by molar-refractivity contribution is -0.144. The van der Waals surface area contributed by atoms with Crippen molar-refractivity contribution in [1.82, 2.24) is 0 Å². The van der Waals surface area contributed by atoms with E-state index in [-0.39, 0.29) is 0 Å². The van der Waals surface area contributed by atoms with Crippen molar-refractivity contribution in [3.05, 3.63) is 77.9 Å². The molecule has 3 aromatic carbocycles. The van der Waals surface area contributed by atoms with Gasteiger partial charge in [0, 0.05) is 0 Å². The van der Waals surface area contributed by atoms with Crippen LogP contribution in [0.4, 0.5) is 8.78 Å². The molecule has 4 nitrogen and oxygen atoms in total. The molecule has 0 aromatic heterocycles. The molecule has 3 rings (SSSR count). The zero-order valence-corrected chi connectivity index (χ0v) is 13.6. The number of hydrogen-bond acceptors (Lipinski definition) is 4. The number of ketones is 1. The van der Waals surface area contributed by atoms with Crippen LogP contribution in [0.2, 0.25) is 0 Å². The van der Waals surface area contributed by atoms with E-state index in [1.165, 1.54) is 0 Å². The van der Waals surface area contributed by atoms with Crippen LogP contribution < -0.4 is 4.74 Å². The number of hydrogen-bond donors (Lipinski definition) is 0. The van der Waals surface area contributed by atoms with Gasteiger partial charge in [-0.1, -0.05) is 30.3 Å². The summed E-state index contributed by atoms with van der Waals surface area (Å²) in [6.45, 7) is -1.10. The zero-order valence-electron chi connectivity index (χ0n) is 13.6. The van der Waals surface area contributed by atoms with Crippen molar-refractivity contribution in [2.45, 2.75) is 0 Å². The molecular weight excluding hydrogens is 342 g/mol. The maximum atomic E-state index is 13.5. The van der Waals surface area contributed by atoms with Gasteiger partial charge in [0.15, 0.2) is 13.2 Å². The number of fused-ring (bicyclic) bond motifs is 1. The first kappa shape index (κ1) is 17.5.